The lowest BCUT2D eigenvalue weighted by Gasteiger charge is -2.46. The molecule has 2 aliphatic carbocycles. The summed E-state index contributed by atoms with van der Waals surface area (Å²) in [6, 6.07) is 14.0. The molecule has 5 aliphatic rings. The van der Waals surface area contributed by atoms with Gasteiger partial charge in [0.2, 0.25) is 5.91 Å². The minimum absolute atomic E-state index is 0.0206. The van der Waals surface area contributed by atoms with Crippen molar-refractivity contribution in [2.75, 3.05) is 43.4 Å². The van der Waals surface area contributed by atoms with Crippen LogP contribution >= 0.6 is 0 Å². The highest BCUT2D eigenvalue weighted by Crippen LogP contribution is 2.65. The molecule has 5 heterocycles. The normalized spacial score (nSPS) is 24.8. The first-order valence-electron chi connectivity index (χ1n) is 21.5. The molecule has 1 unspecified atom stereocenters. The highest BCUT2D eigenvalue weighted by Gasteiger charge is 2.73. The standard InChI is InChI=1S/C46H56F2N8O4/c1-8-28(3)55-26-50-36-23-35(52-39(38(36)55)51-30-11-9-27(2)33(20-30)40(57)49-7)29-10-12-34-37(19-29)56(32-21-31(22-32)54-16-13-44(25-54)24-46(44,47)48)41(58)45(34)14-17-53(18-15-45)42(59)60-43(4,5)6/h9-12,19-20,23,26,28,31-32H,8,13-18,21-22,24-25H2,1-7H3,(H,49,57)(H,51,52)/t28-,31?,32?,44?/m0/s1. The fourth-order valence-electron chi connectivity index (χ4n) is 10.1. The molecule has 2 aromatic carbocycles. The van der Waals surface area contributed by atoms with E-state index in [-0.39, 0.29) is 42.5 Å². The quantitative estimate of drug-likeness (QED) is 0.182. The molecule has 60 heavy (non-hydrogen) atoms. The number of likely N-dealkylation sites (tertiary alicyclic amines) is 2. The van der Waals surface area contributed by atoms with Crippen LogP contribution in [-0.2, 0) is 14.9 Å². The first-order chi connectivity index (χ1) is 28.5. The van der Waals surface area contributed by atoms with E-state index in [1.807, 2.05) is 69.3 Å². The van der Waals surface area contributed by atoms with Gasteiger partial charge in [0.1, 0.15) is 11.1 Å². The molecule has 0 radical (unpaired) electrons. The SMILES string of the molecule is CC[C@H](C)n1cnc2cc(-c3ccc4c(c3)N(C3CC(N5CCC6(C5)CC6(F)F)C3)C(=O)C43CCN(C(=O)OC(C)(C)C)CC3)nc(Nc3ccc(C)c(C(=O)NC)c3)c21. The van der Waals surface area contributed by atoms with Crippen LogP contribution in [0, 0.1) is 12.3 Å². The number of benzene rings is 2. The molecule has 14 heteroatoms. The van der Waals surface area contributed by atoms with Gasteiger partial charge < -0.3 is 29.7 Å². The number of piperidine rings is 1. The number of nitrogens with zero attached hydrogens (tertiary/aromatic N) is 6. The summed E-state index contributed by atoms with van der Waals surface area (Å²) in [5, 5.41) is 6.25. The molecule has 2 spiro atoms. The van der Waals surface area contributed by atoms with Gasteiger partial charge in [-0.2, -0.15) is 0 Å². The maximum atomic E-state index is 15.0. The van der Waals surface area contributed by atoms with E-state index in [0.717, 1.165) is 52.7 Å². The number of alkyl halides is 2. The number of imidazole rings is 1. The van der Waals surface area contributed by atoms with Gasteiger partial charge in [0.25, 0.3) is 11.8 Å². The van der Waals surface area contributed by atoms with Gasteiger partial charge in [-0.3, -0.25) is 14.5 Å². The first kappa shape index (κ1) is 40.3. The van der Waals surface area contributed by atoms with Gasteiger partial charge in [-0.25, -0.2) is 23.5 Å². The second kappa shape index (κ2) is 14.2. The van der Waals surface area contributed by atoms with Crippen molar-refractivity contribution in [3.63, 3.8) is 0 Å². The topological polar surface area (TPSA) is 125 Å². The first-order valence-corrected chi connectivity index (χ1v) is 21.5. The number of halogens is 2. The van der Waals surface area contributed by atoms with Crippen LogP contribution in [0.4, 0.5) is 30.8 Å². The third-order valence-corrected chi connectivity index (χ3v) is 14.1. The molecule has 9 rings (SSSR count). The number of anilines is 3. The molecule has 3 amide bonds. The molecule has 0 bridgehead atoms. The number of carbonyl (C=O) groups excluding carboxylic acids is 3. The number of hydrogen-bond donors (Lipinski definition) is 2. The summed E-state index contributed by atoms with van der Waals surface area (Å²) in [6.45, 7) is 13.6. The van der Waals surface area contributed by atoms with Gasteiger partial charge in [0, 0.05) is 73.7 Å². The van der Waals surface area contributed by atoms with Crippen molar-refractivity contribution in [1.29, 1.82) is 0 Å². The minimum atomic E-state index is -2.57. The minimum Gasteiger partial charge on any atom is -0.444 e. The molecule has 4 fully saturated rings. The predicted octanol–water partition coefficient (Wildman–Crippen LogP) is 8.36. The molecule has 2 saturated heterocycles. The van der Waals surface area contributed by atoms with Crippen LogP contribution in [0.5, 0.6) is 0 Å². The summed E-state index contributed by atoms with van der Waals surface area (Å²) in [4.78, 5) is 56.9. The van der Waals surface area contributed by atoms with E-state index >= 15 is 4.79 Å². The van der Waals surface area contributed by atoms with Crippen LogP contribution in [-0.4, -0.2) is 99.1 Å². The van der Waals surface area contributed by atoms with Crippen molar-refractivity contribution in [2.24, 2.45) is 5.41 Å². The molecule has 2 N–H and O–H groups in total. The lowest BCUT2D eigenvalue weighted by Crippen LogP contribution is -2.57. The Balaban J connectivity index is 1.07. The lowest BCUT2D eigenvalue weighted by molar-refractivity contribution is -0.126. The Morgan fingerprint density at radius 2 is 1.75 bits per heavy atom. The van der Waals surface area contributed by atoms with Crippen molar-refractivity contribution in [2.45, 2.75) is 122 Å². The number of pyridine rings is 1. The smallest absolute Gasteiger partial charge is 0.410 e. The van der Waals surface area contributed by atoms with Gasteiger partial charge in [0.05, 0.1) is 28.4 Å². The maximum Gasteiger partial charge on any atom is 0.410 e. The summed E-state index contributed by atoms with van der Waals surface area (Å²) >= 11 is 0. The van der Waals surface area contributed by atoms with E-state index in [1.165, 1.54) is 0 Å². The average molecular weight is 823 g/mol. The second-order valence-electron chi connectivity index (χ2n) is 19.0. The van der Waals surface area contributed by atoms with Crippen molar-refractivity contribution < 1.29 is 27.9 Å². The predicted molar refractivity (Wildman–Crippen MR) is 227 cm³/mol. The molecule has 318 valence electrons. The van der Waals surface area contributed by atoms with E-state index in [0.29, 0.717) is 68.2 Å². The van der Waals surface area contributed by atoms with E-state index < -0.39 is 22.4 Å². The molecule has 4 aromatic rings. The lowest BCUT2D eigenvalue weighted by atomic mass is 9.73. The molecule has 12 nitrogen and oxygen atoms in total. The largest absolute Gasteiger partial charge is 0.444 e. The molecular formula is C46H56F2N8O4. The summed E-state index contributed by atoms with van der Waals surface area (Å²) in [7, 11) is 1.62. The zero-order valence-electron chi connectivity index (χ0n) is 35.7. The summed E-state index contributed by atoms with van der Waals surface area (Å²) in [6.07, 6.45) is 5.23. The van der Waals surface area contributed by atoms with Crippen molar-refractivity contribution >= 4 is 46.1 Å². The van der Waals surface area contributed by atoms with Crippen LogP contribution in [0.25, 0.3) is 22.3 Å². The Morgan fingerprint density at radius 3 is 2.40 bits per heavy atom. The number of nitrogens with one attached hydrogen (secondary N) is 2. The number of amides is 3. The number of rotatable bonds is 8. The van der Waals surface area contributed by atoms with Gasteiger partial charge >= 0.3 is 6.09 Å². The third-order valence-electron chi connectivity index (χ3n) is 14.1. The highest BCUT2D eigenvalue weighted by molar-refractivity contribution is 6.09. The molecular weight excluding hydrogens is 767 g/mol. The maximum absolute atomic E-state index is 15.0. The van der Waals surface area contributed by atoms with Crippen LogP contribution in [0.2, 0.25) is 0 Å². The van der Waals surface area contributed by atoms with Crippen LogP contribution in [0.1, 0.15) is 107 Å². The van der Waals surface area contributed by atoms with Gasteiger partial charge in [-0.05, 0) is 115 Å². The number of fused-ring (bicyclic) bond motifs is 3. The van der Waals surface area contributed by atoms with Crippen LogP contribution in [0.15, 0.2) is 48.8 Å². The Labute approximate surface area is 350 Å². The Morgan fingerprint density at radius 1 is 1.02 bits per heavy atom. The van der Waals surface area contributed by atoms with Crippen molar-refractivity contribution in [3.05, 3.63) is 65.5 Å². The summed E-state index contributed by atoms with van der Waals surface area (Å²) in [5.41, 5.74) is 4.71. The fraction of sp³-hybridized carbons (Fsp3) is 0.543. The number of aromatic nitrogens is 3. The number of aryl methyl sites for hydroxylation is 1. The zero-order chi connectivity index (χ0) is 42.5. The fourth-order valence-corrected chi connectivity index (χ4v) is 10.1. The molecule has 2 atom stereocenters. The van der Waals surface area contributed by atoms with Crippen LogP contribution < -0.4 is 15.5 Å². The Hall–Kier alpha value is -5.11. The van der Waals surface area contributed by atoms with E-state index in [2.05, 4.69) is 46.1 Å². The van der Waals surface area contributed by atoms with E-state index in [4.69, 9.17) is 14.7 Å². The molecule has 3 aliphatic heterocycles. The monoisotopic (exact) mass is 822 g/mol. The summed E-state index contributed by atoms with van der Waals surface area (Å²) in [5.74, 6) is -2.11. The zero-order valence-corrected chi connectivity index (χ0v) is 35.7. The average Bonchev–Trinajstić information content (AvgIpc) is 3.58. The second-order valence-corrected chi connectivity index (χ2v) is 19.0. The van der Waals surface area contributed by atoms with Crippen molar-refractivity contribution in [1.82, 2.24) is 29.7 Å². The molecule has 2 aromatic heterocycles. The number of carbonyl (C=O) groups is 3. The van der Waals surface area contributed by atoms with Crippen LogP contribution in [0.3, 0.4) is 0 Å². The Kier molecular flexibility index (Phi) is 9.57. The summed E-state index contributed by atoms with van der Waals surface area (Å²) < 4.78 is 36.5. The third kappa shape index (κ3) is 6.60. The van der Waals surface area contributed by atoms with Gasteiger partial charge in [-0.1, -0.05) is 25.1 Å². The van der Waals surface area contributed by atoms with E-state index in [9.17, 15) is 18.4 Å². The van der Waals surface area contributed by atoms with Gasteiger partial charge in [-0.15, -0.1) is 0 Å². The Bertz CT molecular complexity index is 2390. The van der Waals surface area contributed by atoms with Crippen molar-refractivity contribution in [3.8, 4) is 11.3 Å². The van der Waals surface area contributed by atoms with E-state index in [1.54, 1.807) is 11.9 Å². The highest BCUT2D eigenvalue weighted by atomic mass is 19.3. The van der Waals surface area contributed by atoms with Gasteiger partial charge in [0.15, 0.2) is 5.82 Å². The number of hydrogen-bond acceptors (Lipinski definition) is 8. The number of ether oxygens (including phenoxy) is 1. The molecule has 2 saturated carbocycles.